The number of rotatable bonds is 2. The lowest BCUT2D eigenvalue weighted by Crippen LogP contribution is -2.36. The van der Waals surface area contributed by atoms with E-state index in [2.05, 4.69) is 34.8 Å². The van der Waals surface area contributed by atoms with Crippen LogP contribution in [0.1, 0.15) is 24.6 Å². The molecule has 0 saturated carbocycles. The van der Waals surface area contributed by atoms with Gasteiger partial charge in [-0.2, -0.15) is 0 Å². The molecule has 3 rings (SSSR count). The van der Waals surface area contributed by atoms with Gasteiger partial charge in [0.15, 0.2) is 0 Å². The minimum absolute atomic E-state index is 0.274. The highest BCUT2D eigenvalue weighted by Gasteiger charge is 2.24. The molecule has 0 spiro atoms. The Labute approximate surface area is 122 Å². The van der Waals surface area contributed by atoms with Gasteiger partial charge in [0.2, 0.25) is 0 Å². The SMILES string of the molecule is Cc1cc2c(N3CCC(C(C)Cl)CC3)ncnc2s1. The van der Waals surface area contributed by atoms with Gasteiger partial charge in [-0.3, -0.25) is 0 Å². The van der Waals surface area contributed by atoms with Gasteiger partial charge in [0, 0.05) is 23.3 Å². The molecule has 2 aromatic heterocycles. The van der Waals surface area contributed by atoms with Crippen molar-refractivity contribution in [3.05, 3.63) is 17.3 Å². The number of aryl methyl sites for hydroxylation is 1. The van der Waals surface area contributed by atoms with Crippen molar-refractivity contribution in [2.75, 3.05) is 18.0 Å². The van der Waals surface area contributed by atoms with Gasteiger partial charge in [-0.1, -0.05) is 0 Å². The Balaban J connectivity index is 1.85. The maximum atomic E-state index is 6.21. The van der Waals surface area contributed by atoms with Gasteiger partial charge >= 0.3 is 0 Å². The summed E-state index contributed by atoms with van der Waals surface area (Å²) in [6, 6.07) is 2.20. The molecule has 19 heavy (non-hydrogen) atoms. The van der Waals surface area contributed by atoms with Crippen LogP contribution < -0.4 is 4.90 Å². The Morgan fingerprint density at radius 2 is 2.11 bits per heavy atom. The minimum Gasteiger partial charge on any atom is -0.356 e. The first-order valence-corrected chi connectivity index (χ1v) is 8.00. The summed E-state index contributed by atoms with van der Waals surface area (Å²) in [4.78, 5) is 13.6. The molecule has 0 bridgehead atoms. The van der Waals surface area contributed by atoms with E-state index >= 15 is 0 Å². The number of fused-ring (bicyclic) bond motifs is 1. The first-order chi connectivity index (χ1) is 9.15. The van der Waals surface area contributed by atoms with Crippen LogP contribution in [0.4, 0.5) is 5.82 Å². The summed E-state index contributed by atoms with van der Waals surface area (Å²) in [5.41, 5.74) is 0. The molecule has 1 saturated heterocycles. The topological polar surface area (TPSA) is 29.0 Å². The minimum atomic E-state index is 0.274. The van der Waals surface area contributed by atoms with Crippen LogP contribution in [0.3, 0.4) is 0 Å². The van der Waals surface area contributed by atoms with Gasteiger partial charge in [0.1, 0.15) is 17.0 Å². The smallest absolute Gasteiger partial charge is 0.140 e. The summed E-state index contributed by atoms with van der Waals surface area (Å²) in [5.74, 6) is 1.73. The molecule has 0 N–H and O–H groups in total. The Morgan fingerprint density at radius 1 is 1.37 bits per heavy atom. The largest absolute Gasteiger partial charge is 0.356 e. The molecule has 2 aromatic rings. The fourth-order valence-corrected chi connectivity index (χ4v) is 3.88. The van der Waals surface area contributed by atoms with E-state index in [0.29, 0.717) is 5.92 Å². The van der Waals surface area contributed by atoms with Crippen LogP contribution in [0.25, 0.3) is 10.2 Å². The van der Waals surface area contributed by atoms with Crippen LogP contribution in [0, 0.1) is 12.8 Å². The number of aromatic nitrogens is 2. The van der Waals surface area contributed by atoms with Gasteiger partial charge in [0.25, 0.3) is 0 Å². The molecule has 3 heterocycles. The molecule has 5 heteroatoms. The zero-order valence-corrected chi connectivity index (χ0v) is 12.8. The summed E-state index contributed by atoms with van der Waals surface area (Å²) >= 11 is 7.94. The number of alkyl halides is 1. The molecule has 3 nitrogen and oxygen atoms in total. The van der Waals surface area contributed by atoms with E-state index in [1.54, 1.807) is 17.7 Å². The van der Waals surface area contributed by atoms with E-state index in [1.807, 2.05) is 0 Å². The van der Waals surface area contributed by atoms with Crippen molar-refractivity contribution in [1.29, 1.82) is 0 Å². The van der Waals surface area contributed by atoms with Crippen molar-refractivity contribution in [3.63, 3.8) is 0 Å². The quantitative estimate of drug-likeness (QED) is 0.788. The van der Waals surface area contributed by atoms with Crippen molar-refractivity contribution in [2.45, 2.75) is 32.1 Å². The van der Waals surface area contributed by atoms with Gasteiger partial charge < -0.3 is 4.90 Å². The van der Waals surface area contributed by atoms with Gasteiger partial charge in [-0.05, 0) is 38.7 Å². The zero-order chi connectivity index (χ0) is 13.4. The number of halogens is 1. The van der Waals surface area contributed by atoms with Crippen molar-refractivity contribution in [1.82, 2.24) is 9.97 Å². The lowest BCUT2D eigenvalue weighted by molar-refractivity contribution is 0.399. The van der Waals surface area contributed by atoms with Gasteiger partial charge in [-0.25, -0.2) is 9.97 Å². The maximum Gasteiger partial charge on any atom is 0.140 e. The average Bonchev–Trinajstić information content (AvgIpc) is 2.78. The molecule has 0 amide bonds. The molecule has 1 atom stereocenters. The molecule has 1 aliphatic rings. The molecular weight excluding hydrogens is 278 g/mol. The second kappa shape index (κ2) is 5.25. The summed E-state index contributed by atoms with van der Waals surface area (Å²) in [6.07, 6.45) is 3.99. The lowest BCUT2D eigenvalue weighted by atomic mass is 9.94. The highest BCUT2D eigenvalue weighted by Crippen LogP contribution is 2.32. The fourth-order valence-electron chi connectivity index (χ4n) is 2.79. The first kappa shape index (κ1) is 13.1. The van der Waals surface area contributed by atoms with Crippen LogP contribution in [0.15, 0.2) is 12.4 Å². The third-order valence-electron chi connectivity index (χ3n) is 3.92. The molecule has 1 aliphatic heterocycles. The first-order valence-electron chi connectivity index (χ1n) is 6.75. The Kier molecular flexibility index (Phi) is 3.63. The highest BCUT2D eigenvalue weighted by molar-refractivity contribution is 7.18. The standard InChI is InChI=1S/C14H18ClN3S/c1-9-7-12-13(16-8-17-14(12)19-9)18-5-3-11(4-6-18)10(2)15/h7-8,10-11H,3-6H2,1-2H3. The number of hydrogen-bond acceptors (Lipinski definition) is 4. The number of nitrogens with zero attached hydrogens (tertiary/aromatic N) is 3. The summed E-state index contributed by atoms with van der Waals surface area (Å²) in [6.45, 7) is 6.32. The predicted octanol–water partition coefficient (Wildman–Crippen LogP) is 3.84. The molecule has 0 aliphatic carbocycles. The fraction of sp³-hybridized carbons (Fsp3) is 0.571. The van der Waals surface area contributed by atoms with Crippen LogP contribution in [-0.2, 0) is 0 Å². The van der Waals surface area contributed by atoms with Crippen molar-refractivity contribution < 1.29 is 0 Å². The second-order valence-electron chi connectivity index (χ2n) is 5.28. The number of piperidine rings is 1. The maximum absolute atomic E-state index is 6.21. The van der Waals surface area contributed by atoms with Crippen LogP contribution >= 0.6 is 22.9 Å². The van der Waals surface area contributed by atoms with Crippen LogP contribution in [-0.4, -0.2) is 28.4 Å². The van der Waals surface area contributed by atoms with E-state index in [9.17, 15) is 0 Å². The highest BCUT2D eigenvalue weighted by atomic mass is 35.5. The van der Waals surface area contributed by atoms with Crippen molar-refractivity contribution >= 4 is 39.0 Å². The number of anilines is 1. The third-order valence-corrected chi connectivity index (χ3v) is 5.24. The van der Waals surface area contributed by atoms with E-state index in [0.717, 1.165) is 36.6 Å². The van der Waals surface area contributed by atoms with E-state index in [4.69, 9.17) is 11.6 Å². The lowest BCUT2D eigenvalue weighted by Gasteiger charge is -2.34. The summed E-state index contributed by atoms with van der Waals surface area (Å²) in [7, 11) is 0. The molecule has 1 fully saturated rings. The summed E-state index contributed by atoms with van der Waals surface area (Å²) in [5, 5.41) is 1.47. The monoisotopic (exact) mass is 295 g/mol. The molecule has 102 valence electrons. The third kappa shape index (κ3) is 2.56. The average molecular weight is 296 g/mol. The van der Waals surface area contributed by atoms with E-state index < -0.39 is 0 Å². The van der Waals surface area contributed by atoms with Crippen molar-refractivity contribution in [3.8, 4) is 0 Å². The summed E-state index contributed by atoms with van der Waals surface area (Å²) < 4.78 is 0. The van der Waals surface area contributed by atoms with Crippen LogP contribution in [0.5, 0.6) is 0 Å². The molecule has 0 aromatic carbocycles. The van der Waals surface area contributed by atoms with E-state index in [1.165, 1.54) is 10.3 Å². The molecule has 1 unspecified atom stereocenters. The normalized spacial score (nSPS) is 19.0. The Bertz CT molecular complexity index is 573. The Hall–Kier alpha value is -0.870. The number of thiophene rings is 1. The van der Waals surface area contributed by atoms with Gasteiger partial charge in [-0.15, -0.1) is 22.9 Å². The predicted molar refractivity (Wildman–Crippen MR) is 82.4 cm³/mol. The number of hydrogen-bond donors (Lipinski definition) is 0. The Morgan fingerprint density at radius 3 is 2.79 bits per heavy atom. The second-order valence-corrected chi connectivity index (χ2v) is 7.20. The van der Waals surface area contributed by atoms with Gasteiger partial charge in [0.05, 0.1) is 5.39 Å². The molecule has 0 radical (unpaired) electrons. The van der Waals surface area contributed by atoms with E-state index in [-0.39, 0.29) is 5.38 Å². The van der Waals surface area contributed by atoms with Crippen LogP contribution in [0.2, 0.25) is 0 Å². The van der Waals surface area contributed by atoms with Crippen molar-refractivity contribution in [2.24, 2.45) is 5.92 Å². The zero-order valence-electron chi connectivity index (χ0n) is 11.3. The molecular formula is C14H18ClN3S.